The third kappa shape index (κ3) is 4.10. The van der Waals surface area contributed by atoms with Gasteiger partial charge in [0.15, 0.2) is 0 Å². The average molecular weight is 343 g/mol. The molecule has 1 aliphatic rings. The number of ether oxygens (including phenoxy) is 2. The molecule has 1 amide bonds. The van der Waals surface area contributed by atoms with Gasteiger partial charge in [0.05, 0.1) is 20.6 Å². The van der Waals surface area contributed by atoms with Crippen LogP contribution in [-0.2, 0) is 17.8 Å². The van der Waals surface area contributed by atoms with E-state index in [2.05, 4.69) is 0 Å². The first-order chi connectivity index (χ1) is 12.1. The molecule has 3 rings (SSSR count). The molecule has 0 unspecified atom stereocenters. The number of carbonyl (C=O) groups excluding carboxylic acids is 1. The van der Waals surface area contributed by atoms with E-state index in [0.717, 1.165) is 18.4 Å². The summed E-state index contributed by atoms with van der Waals surface area (Å²) in [6, 6.07) is 12.2. The molecule has 0 N–H and O–H groups in total. The molecular weight excluding hydrogens is 321 g/mol. The van der Waals surface area contributed by atoms with Crippen molar-refractivity contribution in [2.75, 3.05) is 14.2 Å². The minimum absolute atomic E-state index is 0.0303. The third-order valence-corrected chi connectivity index (χ3v) is 4.44. The summed E-state index contributed by atoms with van der Waals surface area (Å²) in [5, 5.41) is 0. The SMILES string of the molecule is COc1ccc(OC)c(CC(=O)N(Cc2ccccc2F)C2CC2)c1. The first kappa shape index (κ1) is 17.3. The molecule has 0 radical (unpaired) electrons. The van der Waals surface area contributed by atoms with Crippen LogP contribution in [0.15, 0.2) is 42.5 Å². The maximum absolute atomic E-state index is 14.0. The van der Waals surface area contributed by atoms with Crippen LogP contribution in [0.4, 0.5) is 4.39 Å². The normalized spacial score (nSPS) is 13.4. The molecule has 25 heavy (non-hydrogen) atoms. The summed E-state index contributed by atoms with van der Waals surface area (Å²) < 4.78 is 24.6. The second kappa shape index (κ2) is 7.55. The molecule has 1 saturated carbocycles. The molecule has 0 spiro atoms. The zero-order valence-corrected chi connectivity index (χ0v) is 14.5. The Hall–Kier alpha value is -2.56. The highest BCUT2D eigenvalue weighted by Crippen LogP contribution is 2.31. The van der Waals surface area contributed by atoms with Crippen molar-refractivity contribution in [1.82, 2.24) is 4.90 Å². The number of carbonyl (C=O) groups is 1. The second-order valence-electron chi connectivity index (χ2n) is 6.20. The summed E-state index contributed by atoms with van der Waals surface area (Å²) in [4.78, 5) is 14.7. The molecule has 0 saturated heterocycles. The van der Waals surface area contributed by atoms with Gasteiger partial charge in [0.1, 0.15) is 17.3 Å². The monoisotopic (exact) mass is 343 g/mol. The van der Waals surface area contributed by atoms with E-state index in [1.54, 1.807) is 49.5 Å². The first-order valence-electron chi connectivity index (χ1n) is 8.36. The average Bonchev–Trinajstić information content (AvgIpc) is 3.45. The number of halogens is 1. The molecule has 1 fully saturated rings. The highest BCUT2D eigenvalue weighted by molar-refractivity contribution is 5.80. The number of hydrogen-bond acceptors (Lipinski definition) is 3. The fraction of sp³-hybridized carbons (Fsp3) is 0.350. The van der Waals surface area contributed by atoms with E-state index in [9.17, 15) is 9.18 Å². The van der Waals surface area contributed by atoms with E-state index in [-0.39, 0.29) is 24.2 Å². The van der Waals surface area contributed by atoms with E-state index in [4.69, 9.17) is 9.47 Å². The summed E-state index contributed by atoms with van der Waals surface area (Å²) in [5.74, 6) is 1.02. The van der Waals surface area contributed by atoms with Crippen molar-refractivity contribution in [2.24, 2.45) is 0 Å². The molecular formula is C20H22FNO3. The number of amides is 1. The van der Waals surface area contributed by atoms with Gasteiger partial charge in [-0.2, -0.15) is 0 Å². The lowest BCUT2D eigenvalue weighted by Gasteiger charge is -2.23. The van der Waals surface area contributed by atoms with Crippen molar-refractivity contribution in [3.05, 3.63) is 59.4 Å². The minimum atomic E-state index is -0.278. The van der Waals surface area contributed by atoms with Crippen molar-refractivity contribution in [3.8, 4) is 11.5 Å². The van der Waals surface area contributed by atoms with Crippen molar-refractivity contribution in [3.63, 3.8) is 0 Å². The van der Waals surface area contributed by atoms with Gasteiger partial charge in [-0.05, 0) is 37.1 Å². The van der Waals surface area contributed by atoms with Crippen molar-refractivity contribution in [2.45, 2.75) is 31.8 Å². The number of methoxy groups -OCH3 is 2. The van der Waals surface area contributed by atoms with Gasteiger partial charge in [-0.3, -0.25) is 4.79 Å². The Morgan fingerprint density at radius 3 is 2.52 bits per heavy atom. The van der Waals surface area contributed by atoms with Crippen molar-refractivity contribution >= 4 is 5.91 Å². The van der Waals surface area contributed by atoms with Gasteiger partial charge in [0.2, 0.25) is 5.91 Å². The molecule has 132 valence electrons. The lowest BCUT2D eigenvalue weighted by molar-refractivity contribution is -0.131. The van der Waals surface area contributed by atoms with Crippen molar-refractivity contribution in [1.29, 1.82) is 0 Å². The second-order valence-corrected chi connectivity index (χ2v) is 6.20. The molecule has 5 heteroatoms. The fourth-order valence-corrected chi connectivity index (χ4v) is 2.90. The van der Waals surface area contributed by atoms with Gasteiger partial charge < -0.3 is 14.4 Å². The maximum atomic E-state index is 14.0. The summed E-state index contributed by atoms with van der Waals surface area (Å²) in [5.41, 5.74) is 1.31. The minimum Gasteiger partial charge on any atom is -0.497 e. The van der Waals surface area contributed by atoms with Gasteiger partial charge in [-0.25, -0.2) is 4.39 Å². The maximum Gasteiger partial charge on any atom is 0.227 e. The van der Waals surface area contributed by atoms with Crippen LogP contribution >= 0.6 is 0 Å². The Bertz CT molecular complexity index is 758. The largest absolute Gasteiger partial charge is 0.497 e. The van der Waals surface area contributed by atoms with E-state index >= 15 is 0 Å². The Kier molecular flexibility index (Phi) is 5.22. The number of benzene rings is 2. The first-order valence-corrected chi connectivity index (χ1v) is 8.36. The highest BCUT2D eigenvalue weighted by Gasteiger charge is 2.33. The van der Waals surface area contributed by atoms with Gasteiger partial charge in [-0.15, -0.1) is 0 Å². The Morgan fingerprint density at radius 1 is 1.12 bits per heavy atom. The molecule has 2 aromatic rings. The van der Waals surface area contributed by atoms with Crippen molar-refractivity contribution < 1.29 is 18.7 Å². The summed E-state index contributed by atoms with van der Waals surface area (Å²) in [7, 11) is 3.16. The Labute approximate surface area is 147 Å². The molecule has 0 aliphatic heterocycles. The van der Waals surface area contributed by atoms with E-state index in [1.165, 1.54) is 6.07 Å². The van der Waals surface area contributed by atoms with Gasteiger partial charge in [0.25, 0.3) is 0 Å². The van der Waals surface area contributed by atoms with Crippen LogP contribution in [0.2, 0.25) is 0 Å². The standard InChI is InChI=1S/C20H22FNO3/c1-24-17-9-10-19(25-2)15(11-17)12-20(23)22(16-7-8-16)13-14-5-3-4-6-18(14)21/h3-6,9-11,16H,7-8,12-13H2,1-2H3. The predicted octanol–water partition coefficient (Wildman–Crippen LogP) is 3.58. The van der Waals surface area contributed by atoms with E-state index < -0.39 is 0 Å². The number of rotatable bonds is 7. The molecule has 0 bridgehead atoms. The Balaban J connectivity index is 1.79. The van der Waals surface area contributed by atoms with Gasteiger partial charge in [0, 0.05) is 23.7 Å². The molecule has 0 aromatic heterocycles. The van der Waals surface area contributed by atoms with Crippen LogP contribution in [0.1, 0.15) is 24.0 Å². The van der Waals surface area contributed by atoms with Crippen LogP contribution in [0.25, 0.3) is 0 Å². The topological polar surface area (TPSA) is 38.8 Å². The number of hydrogen-bond donors (Lipinski definition) is 0. The van der Waals surface area contributed by atoms with Crippen LogP contribution in [-0.4, -0.2) is 31.1 Å². The zero-order chi connectivity index (χ0) is 17.8. The highest BCUT2D eigenvalue weighted by atomic mass is 19.1. The number of nitrogens with zero attached hydrogens (tertiary/aromatic N) is 1. The summed E-state index contributed by atoms with van der Waals surface area (Å²) in [6.45, 7) is 0.294. The quantitative estimate of drug-likeness (QED) is 0.771. The summed E-state index contributed by atoms with van der Waals surface area (Å²) in [6.07, 6.45) is 2.14. The van der Waals surface area contributed by atoms with Crippen LogP contribution < -0.4 is 9.47 Å². The van der Waals surface area contributed by atoms with Gasteiger partial charge >= 0.3 is 0 Å². The molecule has 0 atom stereocenters. The van der Waals surface area contributed by atoms with Gasteiger partial charge in [-0.1, -0.05) is 18.2 Å². The zero-order valence-electron chi connectivity index (χ0n) is 14.5. The van der Waals surface area contributed by atoms with Crippen LogP contribution in [0.5, 0.6) is 11.5 Å². The summed E-state index contributed by atoms with van der Waals surface area (Å²) >= 11 is 0. The molecule has 4 nitrogen and oxygen atoms in total. The molecule has 0 heterocycles. The van der Waals surface area contributed by atoms with E-state index in [1.807, 2.05) is 6.07 Å². The van der Waals surface area contributed by atoms with Crippen LogP contribution in [0, 0.1) is 5.82 Å². The molecule has 1 aliphatic carbocycles. The van der Waals surface area contributed by atoms with E-state index in [0.29, 0.717) is 23.6 Å². The Morgan fingerprint density at radius 2 is 1.88 bits per heavy atom. The van der Waals surface area contributed by atoms with Crippen LogP contribution in [0.3, 0.4) is 0 Å². The lowest BCUT2D eigenvalue weighted by atomic mass is 10.1. The lowest BCUT2D eigenvalue weighted by Crippen LogP contribution is -2.34. The predicted molar refractivity (Wildman–Crippen MR) is 93.2 cm³/mol. The fourth-order valence-electron chi connectivity index (χ4n) is 2.90. The molecule has 2 aromatic carbocycles. The smallest absolute Gasteiger partial charge is 0.227 e. The third-order valence-electron chi connectivity index (χ3n) is 4.44.